The highest BCUT2D eigenvalue weighted by Gasteiger charge is 2.14. The van der Waals surface area contributed by atoms with Crippen molar-refractivity contribution in [3.8, 4) is 0 Å². The quantitative estimate of drug-likeness (QED) is 0.852. The van der Waals surface area contributed by atoms with Crippen LogP contribution in [0.1, 0.15) is 57.5 Å². The molecule has 1 aromatic heterocycles. The average Bonchev–Trinajstić information content (AvgIpc) is 2.33. The predicted octanol–water partition coefficient (Wildman–Crippen LogP) is 4.27. The molecule has 17 heavy (non-hydrogen) atoms. The number of aryl methyl sites for hydroxylation is 1. The number of halogens is 1. The summed E-state index contributed by atoms with van der Waals surface area (Å²) in [5.74, 6) is 2.36. The Labute approximate surface area is 113 Å². The number of rotatable bonds is 6. The standard InChI is InChI=1S/C13H22BrN3/c1-5-8-15-13-11(14)9(4)16-12(17-13)10(6-2)7-3/h10H,5-8H2,1-4H3,(H,15,16,17). The van der Waals surface area contributed by atoms with Gasteiger partial charge < -0.3 is 5.32 Å². The molecule has 0 unspecified atom stereocenters. The molecule has 0 saturated carbocycles. The monoisotopic (exact) mass is 299 g/mol. The van der Waals surface area contributed by atoms with Crippen LogP contribution in [0.15, 0.2) is 4.47 Å². The number of hydrogen-bond donors (Lipinski definition) is 1. The first-order valence-electron chi connectivity index (χ1n) is 6.41. The topological polar surface area (TPSA) is 37.8 Å². The van der Waals surface area contributed by atoms with Gasteiger partial charge in [-0.05, 0) is 42.1 Å². The lowest BCUT2D eigenvalue weighted by Gasteiger charge is -2.15. The van der Waals surface area contributed by atoms with Gasteiger partial charge in [0.05, 0.1) is 10.2 Å². The summed E-state index contributed by atoms with van der Waals surface area (Å²) in [5, 5.41) is 3.35. The molecular weight excluding hydrogens is 278 g/mol. The van der Waals surface area contributed by atoms with Gasteiger partial charge in [0.15, 0.2) is 0 Å². The highest BCUT2D eigenvalue weighted by Crippen LogP contribution is 2.27. The van der Waals surface area contributed by atoms with Crippen molar-refractivity contribution in [3.05, 3.63) is 16.0 Å². The lowest BCUT2D eigenvalue weighted by molar-refractivity contribution is 0.599. The highest BCUT2D eigenvalue weighted by atomic mass is 79.9. The van der Waals surface area contributed by atoms with Gasteiger partial charge in [0, 0.05) is 12.5 Å². The second-order valence-electron chi connectivity index (χ2n) is 4.27. The molecule has 0 bridgehead atoms. The fourth-order valence-electron chi connectivity index (χ4n) is 1.78. The molecule has 1 N–H and O–H groups in total. The normalized spacial score (nSPS) is 10.9. The van der Waals surface area contributed by atoms with Crippen LogP contribution in [0.25, 0.3) is 0 Å². The molecule has 0 radical (unpaired) electrons. The Balaban J connectivity index is 3.04. The van der Waals surface area contributed by atoms with Gasteiger partial charge in [0.2, 0.25) is 0 Å². The fourth-order valence-corrected chi connectivity index (χ4v) is 2.10. The molecule has 96 valence electrons. The van der Waals surface area contributed by atoms with Crippen molar-refractivity contribution in [3.63, 3.8) is 0 Å². The Morgan fingerprint density at radius 3 is 2.35 bits per heavy atom. The van der Waals surface area contributed by atoms with Gasteiger partial charge in [0.1, 0.15) is 11.6 Å². The molecule has 0 aromatic carbocycles. The van der Waals surface area contributed by atoms with E-state index in [9.17, 15) is 0 Å². The van der Waals surface area contributed by atoms with Gasteiger partial charge >= 0.3 is 0 Å². The molecule has 1 heterocycles. The van der Waals surface area contributed by atoms with Crippen molar-refractivity contribution in [2.45, 2.75) is 52.9 Å². The first kappa shape index (κ1) is 14.4. The van der Waals surface area contributed by atoms with Gasteiger partial charge in [-0.25, -0.2) is 9.97 Å². The molecular formula is C13H22BrN3. The Morgan fingerprint density at radius 2 is 1.82 bits per heavy atom. The molecule has 3 nitrogen and oxygen atoms in total. The van der Waals surface area contributed by atoms with Crippen molar-refractivity contribution in [2.24, 2.45) is 0 Å². The minimum Gasteiger partial charge on any atom is -0.369 e. The van der Waals surface area contributed by atoms with Gasteiger partial charge in [-0.15, -0.1) is 0 Å². The summed E-state index contributed by atoms with van der Waals surface area (Å²) in [5.41, 5.74) is 1.01. The minimum atomic E-state index is 0.462. The lowest BCUT2D eigenvalue weighted by atomic mass is 10.0. The van der Waals surface area contributed by atoms with Crippen molar-refractivity contribution < 1.29 is 0 Å². The third-order valence-corrected chi connectivity index (χ3v) is 3.88. The Morgan fingerprint density at radius 1 is 1.18 bits per heavy atom. The summed E-state index contributed by atoms with van der Waals surface area (Å²) in [7, 11) is 0. The maximum absolute atomic E-state index is 4.64. The van der Waals surface area contributed by atoms with Crippen LogP contribution in [-0.4, -0.2) is 16.5 Å². The van der Waals surface area contributed by atoms with Gasteiger partial charge in [0.25, 0.3) is 0 Å². The van der Waals surface area contributed by atoms with Gasteiger partial charge in [-0.3, -0.25) is 0 Å². The van der Waals surface area contributed by atoms with E-state index in [1.807, 2.05) is 6.92 Å². The molecule has 0 fully saturated rings. The zero-order valence-electron chi connectivity index (χ0n) is 11.2. The van der Waals surface area contributed by atoms with Gasteiger partial charge in [-0.1, -0.05) is 20.8 Å². The second kappa shape index (κ2) is 6.94. The zero-order chi connectivity index (χ0) is 12.8. The van der Waals surface area contributed by atoms with Crippen LogP contribution in [0, 0.1) is 6.92 Å². The van der Waals surface area contributed by atoms with Crippen LogP contribution in [0.2, 0.25) is 0 Å². The van der Waals surface area contributed by atoms with Crippen molar-refractivity contribution >= 4 is 21.7 Å². The van der Waals surface area contributed by atoms with E-state index < -0.39 is 0 Å². The summed E-state index contributed by atoms with van der Waals surface area (Å²) in [6, 6.07) is 0. The minimum absolute atomic E-state index is 0.462. The van der Waals surface area contributed by atoms with Crippen LogP contribution < -0.4 is 5.32 Å². The van der Waals surface area contributed by atoms with E-state index in [4.69, 9.17) is 0 Å². The third-order valence-electron chi connectivity index (χ3n) is 2.93. The molecule has 1 aromatic rings. The number of nitrogens with one attached hydrogen (secondary N) is 1. The van der Waals surface area contributed by atoms with Crippen molar-refractivity contribution in [1.29, 1.82) is 0 Å². The van der Waals surface area contributed by atoms with E-state index in [2.05, 4.69) is 52.0 Å². The molecule has 1 rings (SSSR count). The molecule has 0 atom stereocenters. The van der Waals surface area contributed by atoms with Crippen LogP contribution in [-0.2, 0) is 0 Å². The van der Waals surface area contributed by atoms with Crippen molar-refractivity contribution in [2.75, 3.05) is 11.9 Å². The molecule has 4 heteroatoms. The number of hydrogen-bond acceptors (Lipinski definition) is 3. The summed E-state index contributed by atoms with van der Waals surface area (Å²) >= 11 is 3.55. The first-order valence-corrected chi connectivity index (χ1v) is 7.21. The van der Waals surface area contributed by atoms with E-state index in [1.165, 1.54) is 0 Å². The smallest absolute Gasteiger partial charge is 0.144 e. The Hall–Kier alpha value is -0.640. The molecule has 0 spiro atoms. The van der Waals surface area contributed by atoms with Crippen LogP contribution in [0.5, 0.6) is 0 Å². The summed E-state index contributed by atoms with van der Waals surface area (Å²) in [6.45, 7) is 9.49. The third kappa shape index (κ3) is 3.66. The van der Waals surface area contributed by atoms with E-state index in [0.29, 0.717) is 5.92 Å². The van der Waals surface area contributed by atoms with Crippen LogP contribution >= 0.6 is 15.9 Å². The van der Waals surface area contributed by atoms with E-state index in [1.54, 1.807) is 0 Å². The Kier molecular flexibility index (Phi) is 5.89. The number of nitrogens with zero attached hydrogens (tertiary/aromatic N) is 2. The van der Waals surface area contributed by atoms with Crippen LogP contribution in [0.3, 0.4) is 0 Å². The maximum Gasteiger partial charge on any atom is 0.144 e. The van der Waals surface area contributed by atoms with E-state index >= 15 is 0 Å². The number of anilines is 1. The summed E-state index contributed by atoms with van der Waals surface area (Å²) in [4.78, 5) is 9.23. The zero-order valence-corrected chi connectivity index (χ0v) is 12.8. The largest absolute Gasteiger partial charge is 0.369 e. The average molecular weight is 300 g/mol. The maximum atomic E-state index is 4.64. The fraction of sp³-hybridized carbons (Fsp3) is 0.692. The summed E-state index contributed by atoms with van der Waals surface area (Å²) < 4.78 is 0.987. The van der Waals surface area contributed by atoms with Crippen molar-refractivity contribution in [1.82, 2.24) is 9.97 Å². The molecule has 0 aliphatic rings. The Bertz CT molecular complexity index is 362. The molecule has 0 saturated heterocycles. The second-order valence-corrected chi connectivity index (χ2v) is 5.06. The summed E-state index contributed by atoms with van der Waals surface area (Å²) in [6.07, 6.45) is 3.27. The molecule has 0 aliphatic heterocycles. The van der Waals surface area contributed by atoms with Gasteiger partial charge in [-0.2, -0.15) is 0 Å². The lowest BCUT2D eigenvalue weighted by Crippen LogP contribution is -2.10. The SMILES string of the molecule is CCCNc1nc(C(CC)CC)nc(C)c1Br. The molecule has 0 amide bonds. The first-order chi connectivity index (χ1) is 8.13. The molecule has 0 aliphatic carbocycles. The predicted molar refractivity (Wildman–Crippen MR) is 76.6 cm³/mol. The van der Waals surface area contributed by atoms with E-state index in [-0.39, 0.29) is 0 Å². The van der Waals surface area contributed by atoms with E-state index in [0.717, 1.165) is 47.6 Å². The number of aromatic nitrogens is 2. The van der Waals surface area contributed by atoms with Crippen LogP contribution in [0.4, 0.5) is 5.82 Å². The highest BCUT2D eigenvalue weighted by molar-refractivity contribution is 9.10.